The van der Waals surface area contributed by atoms with Gasteiger partial charge in [-0.1, -0.05) is 48.0 Å². The van der Waals surface area contributed by atoms with E-state index in [1.807, 2.05) is 32.0 Å². The Morgan fingerprint density at radius 1 is 1.09 bits per heavy atom. The van der Waals surface area contributed by atoms with Gasteiger partial charge in [-0.2, -0.15) is 0 Å². The molecular formula is C19H25N2O+. The second-order valence-corrected chi connectivity index (χ2v) is 5.96. The number of aryl methyl sites for hydroxylation is 3. The first-order valence-electron chi connectivity index (χ1n) is 7.73. The van der Waals surface area contributed by atoms with Crippen LogP contribution in [0, 0.1) is 20.8 Å². The van der Waals surface area contributed by atoms with Crippen molar-refractivity contribution in [3.8, 4) is 0 Å². The van der Waals surface area contributed by atoms with Crippen LogP contribution in [0.1, 0.15) is 35.2 Å². The van der Waals surface area contributed by atoms with Crippen molar-refractivity contribution in [1.82, 2.24) is 0 Å². The highest BCUT2D eigenvalue weighted by atomic mass is 16.1. The van der Waals surface area contributed by atoms with E-state index in [1.54, 1.807) is 0 Å². The lowest BCUT2D eigenvalue weighted by molar-refractivity contribution is -0.682. The van der Waals surface area contributed by atoms with E-state index in [0.29, 0.717) is 6.54 Å². The van der Waals surface area contributed by atoms with Crippen molar-refractivity contribution in [1.29, 1.82) is 0 Å². The normalized spacial score (nSPS) is 12.0. The summed E-state index contributed by atoms with van der Waals surface area (Å²) < 4.78 is 0. The topological polar surface area (TPSA) is 45.7 Å². The second kappa shape index (κ2) is 7.23. The Bertz CT molecular complexity index is 627. The van der Waals surface area contributed by atoms with Crippen molar-refractivity contribution in [2.24, 2.45) is 0 Å². The molecular weight excluding hydrogens is 272 g/mol. The molecule has 3 heteroatoms. The summed E-state index contributed by atoms with van der Waals surface area (Å²) in [5.41, 5.74) is 5.62. The van der Waals surface area contributed by atoms with Crippen LogP contribution < -0.4 is 10.6 Å². The fourth-order valence-electron chi connectivity index (χ4n) is 2.74. The first kappa shape index (κ1) is 16.2. The molecule has 116 valence electrons. The zero-order valence-electron chi connectivity index (χ0n) is 13.8. The predicted molar refractivity (Wildman–Crippen MR) is 90.9 cm³/mol. The maximum Gasteiger partial charge on any atom is 0.279 e. The van der Waals surface area contributed by atoms with E-state index < -0.39 is 0 Å². The van der Waals surface area contributed by atoms with E-state index in [0.717, 1.165) is 16.8 Å². The molecule has 2 aromatic carbocycles. The molecule has 0 bridgehead atoms. The number of benzene rings is 2. The molecule has 0 radical (unpaired) electrons. The van der Waals surface area contributed by atoms with Gasteiger partial charge in [0, 0.05) is 11.3 Å². The van der Waals surface area contributed by atoms with E-state index >= 15 is 0 Å². The summed E-state index contributed by atoms with van der Waals surface area (Å²) in [6, 6.07) is 14.7. The molecule has 2 rings (SSSR count). The van der Waals surface area contributed by atoms with Gasteiger partial charge in [-0.25, -0.2) is 0 Å². The summed E-state index contributed by atoms with van der Waals surface area (Å²) in [4.78, 5) is 12.2. The van der Waals surface area contributed by atoms with Crippen LogP contribution in [0.5, 0.6) is 0 Å². The minimum atomic E-state index is 0.0397. The molecule has 0 aliphatic heterocycles. The van der Waals surface area contributed by atoms with Gasteiger partial charge in [0.15, 0.2) is 6.54 Å². The lowest BCUT2D eigenvalue weighted by Crippen LogP contribution is -2.86. The first-order valence-corrected chi connectivity index (χ1v) is 7.73. The molecule has 3 N–H and O–H groups in total. The molecule has 0 aliphatic carbocycles. The third-order valence-corrected chi connectivity index (χ3v) is 3.92. The molecule has 0 saturated carbocycles. The second-order valence-electron chi connectivity index (χ2n) is 5.96. The van der Waals surface area contributed by atoms with Gasteiger partial charge < -0.3 is 10.6 Å². The molecule has 0 spiro atoms. The van der Waals surface area contributed by atoms with Crippen LogP contribution in [-0.4, -0.2) is 12.5 Å². The minimum absolute atomic E-state index is 0.0397. The number of nitrogens with one attached hydrogen (secondary N) is 1. The zero-order chi connectivity index (χ0) is 16.1. The number of carbonyl (C=O) groups excluding carboxylic acids is 1. The molecule has 0 aliphatic rings. The lowest BCUT2D eigenvalue weighted by Gasteiger charge is -2.14. The number of anilines is 1. The molecule has 1 atom stereocenters. The fourth-order valence-corrected chi connectivity index (χ4v) is 2.74. The molecule has 3 nitrogen and oxygen atoms in total. The standard InChI is InChI=1S/C19H24N2O/c1-13-10-14(2)19(15(3)11-13)21-18(22)12-20-16(4)17-8-6-5-7-9-17/h5-11,16,20H,12H2,1-4H3,(H,21,22)/p+1/t16-/m1/s1. The molecule has 0 unspecified atom stereocenters. The Labute approximate surface area is 132 Å². The van der Waals surface area contributed by atoms with Crippen LogP contribution in [0.4, 0.5) is 5.69 Å². The summed E-state index contributed by atoms with van der Waals surface area (Å²) in [6.45, 7) is 8.67. The number of quaternary nitrogens is 1. The quantitative estimate of drug-likeness (QED) is 0.876. The molecule has 0 saturated heterocycles. The minimum Gasteiger partial charge on any atom is -0.333 e. The van der Waals surface area contributed by atoms with Gasteiger partial charge in [-0.3, -0.25) is 4.79 Å². The SMILES string of the molecule is Cc1cc(C)c(NC(=O)C[NH2+][C@H](C)c2ccccc2)c(C)c1. The highest BCUT2D eigenvalue weighted by Gasteiger charge is 2.13. The lowest BCUT2D eigenvalue weighted by atomic mass is 10.1. The summed E-state index contributed by atoms with van der Waals surface area (Å²) in [5, 5.41) is 5.10. The van der Waals surface area contributed by atoms with Crippen LogP contribution in [-0.2, 0) is 4.79 Å². The number of hydrogen-bond donors (Lipinski definition) is 2. The van der Waals surface area contributed by atoms with E-state index in [-0.39, 0.29) is 11.9 Å². The Morgan fingerprint density at radius 3 is 2.27 bits per heavy atom. The van der Waals surface area contributed by atoms with E-state index in [1.165, 1.54) is 11.1 Å². The summed E-state index contributed by atoms with van der Waals surface area (Å²) in [5.74, 6) is 0.0397. The van der Waals surface area contributed by atoms with Gasteiger partial charge in [0.25, 0.3) is 5.91 Å². The third-order valence-electron chi connectivity index (χ3n) is 3.92. The Morgan fingerprint density at radius 2 is 1.68 bits per heavy atom. The van der Waals surface area contributed by atoms with Crippen molar-refractivity contribution in [2.75, 3.05) is 11.9 Å². The zero-order valence-corrected chi connectivity index (χ0v) is 13.8. The number of hydrogen-bond acceptors (Lipinski definition) is 1. The largest absolute Gasteiger partial charge is 0.333 e. The van der Waals surface area contributed by atoms with Crippen molar-refractivity contribution in [3.05, 3.63) is 64.7 Å². The molecule has 0 aromatic heterocycles. The third kappa shape index (κ3) is 4.18. The van der Waals surface area contributed by atoms with E-state index in [4.69, 9.17) is 0 Å². The molecule has 0 heterocycles. The maximum atomic E-state index is 12.2. The number of rotatable bonds is 5. The van der Waals surface area contributed by atoms with Crippen molar-refractivity contribution >= 4 is 11.6 Å². The summed E-state index contributed by atoms with van der Waals surface area (Å²) in [7, 11) is 0. The molecule has 2 aromatic rings. The monoisotopic (exact) mass is 297 g/mol. The van der Waals surface area contributed by atoms with Gasteiger partial charge >= 0.3 is 0 Å². The van der Waals surface area contributed by atoms with Crippen LogP contribution in [0.25, 0.3) is 0 Å². The average molecular weight is 297 g/mol. The molecule has 1 amide bonds. The van der Waals surface area contributed by atoms with Gasteiger partial charge in [0.2, 0.25) is 0 Å². The number of nitrogens with two attached hydrogens (primary N) is 1. The highest BCUT2D eigenvalue weighted by Crippen LogP contribution is 2.21. The van der Waals surface area contributed by atoms with Crippen molar-refractivity contribution in [2.45, 2.75) is 33.7 Å². The number of carbonyl (C=O) groups is 1. The highest BCUT2D eigenvalue weighted by molar-refractivity contribution is 5.93. The van der Waals surface area contributed by atoms with Crippen LogP contribution in [0.2, 0.25) is 0 Å². The van der Waals surface area contributed by atoms with Gasteiger partial charge in [0.1, 0.15) is 6.04 Å². The first-order chi connectivity index (χ1) is 10.5. The average Bonchev–Trinajstić information content (AvgIpc) is 2.49. The van der Waals surface area contributed by atoms with Gasteiger partial charge in [-0.05, 0) is 38.8 Å². The van der Waals surface area contributed by atoms with Crippen molar-refractivity contribution < 1.29 is 10.1 Å². The van der Waals surface area contributed by atoms with E-state index in [9.17, 15) is 4.79 Å². The van der Waals surface area contributed by atoms with Crippen LogP contribution in [0.3, 0.4) is 0 Å². The van der Waals surface area contributed by atoms with Gasteiger partial charge in [-0.15, -0.1) is 0 Å². The predicted octanol–water partition coefficient (Wildman–Crippen LogP) is 2.87. The summed E-state index contributed by atoms with van der Waals surface area (Å²) >= 11 is 0. The van der Waals surface area contributed by atoms with E-state index in [2.05, 4.69) is 48.7 Å². The van der Waals surface area contributed by atoms with Crippen LogP contribution >= 0.6 is 0 Å². The summed E-state index contributed by atoms with van der Waals surface area (Å²) in [6.07, 6.45) is 0. The Balaban J connectivity index is 1.94. The Kier molecular flexibility index (Phi) is 5.34. The van der Waals surface area contributed by atoms with Crippen molar-refractivity contribution in [3.63, 3.8) is 0 Å². The van der Waals surface area contributed by atoms with Crippen LogP contribution in [0.15, 0.2) is 42.5 Å². The molecule has 0 fully saturated rings. The maximum absolute atomic E-state index is 12.2. The van der Waals surface area contributed by atoms with Gasteiger partial charge in [0.05, 0.1) is 0 Å². The Hall–Kier alpha value is -2.13. The molecule has 22 heavy (non-hydrogen) atoms. The smallest absolute Gasteiger partial charge is 0.279 e. The fraction of sp³-hybridized carbons (Fsp3) is 0.316. The number of amides is 1.